The maximum atomic E-state index is 12.4. The quantitative estimate of drug-likeness (QED) is 0.703. The average molecular weight is 386 g/mol. The fraction of sp³-hybridized carbons (Fsp3) is 0.188. The molecule has 26 heavy (non-hydrogen) atoms. The van der Waals surface area contributed by atoms with Crippen molar-refractivity contribution in [3.63, 3.8) is 0 Å². The summed E-state index contributed by atoms with van der Waals surface area (Å²) < 4.78 is 73.0. The number of nitrogens with one attached hydrogen (secondary N) is 1. The molecule has 0 fully saturated rings. The normalized spacial score (nSPS) is 12.4. The first kappa shape index (κ1) is 18.2. The first-order chi connectivity index (χ1) is 12.2. The Labute approximate surface area is 146 Å². The third-order valence-electron chi connectivity index (χ3n) is 3.46. The number of fused-ring (bicyclic) bond motifs is 1. The molecule has 0 spiro atoms. The van der Waals surface area contributed by atoms with Crippen LogP contribution in [0.5, 0.6) is 5.75 Å². The Morgan fingerprint density at radius 2 is 1.77 bits per heavy atom. The molecule has 0 radical (unpaired) electrons. The van der Waals surface area contributed by atoms with Gasteiger partial charge in [-0.1, -0.05) is 35.5 Å². The molecule has 1 aromatic heterocycles. The summed E-state index contributed by atoms with van der Waals surface area (Å²) in [5.74, 6) is -0.929. The molecular formula is C16H13F3N2O4S. The number of rotatable bonds is 6. The summed E-state index contributed by atoms with van der Waals surface area (Å²) in [6, 6.07) is 12.1. The van der Waals surface area contributed by atoms with Crippen LogP contribution in [-0.4, -0.2) is 19.9 Å². The van der Waals surface area contributed by atoms with Crippen LogP contribution in [0.25, 0.3) is 11.0 Å². The Hall–Kier alpha value is -2.59. The van der Waals surface area contributed by atoms with Gasteiger partial charge in [0.25, 0.3) is 0 Å². The summed E-state index contributed by atoms with van der Waals surface area (Å²) >= 11 is 0. The van der Waals surface area contributed by atoms with Gasteiger partial charge >= 0.3 is 6.36 Å². The molecule has 1 N–H and O–H groups in total. The molecule has 3 rings (SSSR count). The molecule has 0 saturated carbocycles. The van der Waals surface area contributed by atoms with E-state index in [-0.39, 0.29) is 17.8 Å². The molecule has 0 saturated heterocycles. The fourth-order valence-electron chi connectivity index (χ4n) is 2.34. The fourth-order valence-corrected chi connectivity index (χ4v) is 3.38. The van der Waals surface area contributed by atoms with E-state index in [0.29, 0.717) is 11.0 Å². The van der Waals surface area contributed by atoms with Crippen molar-refractivity contribution in [3.05, 3.63) is 59.8 Å². The maximum absolute atomic E-state index is 12.4. The van der Waals surface area contributed by atoms with Gasteiger partial charge in [-0.25, -0.2) is 13.1 Å². The number of hydrogen-bond acceptors (Lipinski definition) is 5. The molecule has 0 amide bonds. The predicted octanol–water partition coefficient (Wildman–Crippen LogP) is 3.35. The van der Waals surface area contributed by atoms with Gasteiger partial charge < -0.3 is 9.26 Å². The zero-order valence-corrected chi connectivity index (χ0v) is 14.0. The summed E-state index contributed by atoms with van der Waals surface area (Å²) in [6.45, 7) is -0.357. The van der Waals surface area contributed by atoms with E-state index in [4.69, 9.17) is 4.52 Å². The summed E-state index contributed by atoms with van der Waals surface area (Å²) in [5.41, 5.74) is 0.716. The number of halogens is 3. The first-order valence-electron chi connectivity index (χ1n) is 7.38. The van der Waals surface area contributed by atoms with Crippen LogP contribution in [0, 0.1) is 0 Å². The summed E-state index contributed by atoms with van der Waals surface area (Å²) in [7, 11) is -3.86. The highest BCUT2D eigenvalue weighted by molar-refractivity contribution is 7.88. The van der Waals surface area contributed by atoms with Crippen LogP contribution >= 0.6 is 0 Å². The highest BCUT2D eigenvalue weighted by atomic mass is 32.2. The molecule has 138 valence electrons. The molecule has 6 nitrogen and oxygen atoms in total. The molecule has 3 aromatic rings. The zero-order chi connectivity index (χ0) is 18.8. The monoisotopic (exact) mass is 386 g/mol. The number of aromatic nitrogens is 1. The SMILES string of the molecule is O=S(=O)(Cc1noc2ccccc12)NCc1ccccc1OC(F)(F)F. The number of alkyl halides is 3. The average Bonchev–Trinajstić information content (AvgIpc) is 2.95. The van der Waals surface area contributed by atoms with Gasteiger partial charge in [0.2, 0.25) is 10.0 Å². The van der Waals surface area contributed by atoms with Crippen molar-refractivity contribution in [1.82, 2.24) is 9.88 Å². The number of benzene rings is 2. The lowest BCUT2D eigenvalue weighted by Crippen LogP contribution is -2.26. The van der Waals surface area contributed by atoms with Crippen LogP contribution in [0.2, 0.25) is 0 Å². The van der Waals surface area contributed by atoms with Gasteiger partial charge in [0.05, 0.1) is 0 Å². The van der Waals surface area contributed by atoms with Gasteiger partial charge in [-0.3, -0.25) is 0 Å². The van der Waals surface area contributed by atoms with Crippen molar-refractivity contribution in [1.29, 1.82) is 0 Å². The van der Waals surface area contributed by atoms with Gasteiger partial charge in [0.1, 0.15) is 17.2 Å². The van der Waals surface area contributed by atoms with E-state index in [1.54, 1.807) is 24.3 Å². The van der Waals surface area contributed by atoms with Gasteiger partial charge in [-0.2, -0.15) is 0 Å². The zero-order valence-electron chi connectivity index (χ0n) is 13.2. The number of nitrogens with zero attached hydrogens (tertiary/aromatic N) is 1. The van der Waals surface area contributed by atoms with Crippen molar-refractivity contribution < 1.29 is 30.8 Å². The highest BCUT2D eigenvalue weighted by Gasteiger charge is 2.32. The standard InChI is InChI=1S/C16H13F3N2O4S/c17-16(18,19)24-14-7-3-1-5-11(14)9-20-26(22,23)10-13-12-6-2-4-8-15(12)25-21-13/h1-8,20H,9-10H2. The van der Waals surface area contributed by atoms with Crippen molar-refractivity contribution in [2.45, 2.75) is 18.7 Å². The second kappa shape index (κ2) is 6.96. The molecule has 0 atom stereocenters. The molecule has 1 heterocycles. The van der Waals surface area contributed by atoms with Gasteiger partial charge in [0.15, 0.2) is 5.58 Å². The molecule has 2 aromatic carbocycles. The lowest BCUT2D eigenvalue weighted by atomic mass is 10.2. The van der Waals surface area contributed by atoms with Crippen LogP contribution in [0.1, 0.15) is 11.3 Å². The van der Waals surface area contributed by atoms with E-state index in [0.717, 1.165) is 6.07 Å². The molecular weight excluding hydrogens is 373 g/mol. The van der Waals surface area contributed by atoms with E-state index in [1.807, 2.05) is 0 Å². The van der Waals surface area contributed by atoms with Crippen LogP contribution < -0.4 is 9.46 Å². The van der Waals surface area contributed by atoms with Gasteiger partial charge in [0, 0.05) is 17.5 Å². The van der Waals surface area contributed by atoms with Crippen molar-refractivity contribution in [2.24, 2.45) is 0 Å². The summed E-state index contributed by atoms with van der Waals surface area (Å²) in [6.07, 6.45) is -4.87. The van der Waals surface area contributed by atoms with Crippen molar-refractivity contribution in [3.8, 4) is 5.75 Å². The number of hydrogen-bond donors (Lipinski definition) is 1. The van der Waals surface area contributed by atoms with E-state index in [9.17, 15) is 21.6 Å². The van der Waals surface area contributed by atoms with Crippen molar-refractivity contribution >= 4 is 21.0 Å². The number of ether oxygens (including phenoxy) is 1. The van der Waals surface area contributed by atoms with Crippen molar-refractivity contribution in [2.75, 3.05) is 0 Å². The van der Waals surface area contributed by atoms with Crippen LogP contribution in [0.15, 0.2) is 53.1 Å². The van der Waals surface area contributed by atoms with E-state index < -0.39 is 27.9 Å². The largest absolute Gasteiger partial charge is 0.573 e. The third-order valence-corrected chi connectivity index (χ3v) is 4.70. The maximum Gasteiger partial charge on any atom is 0.573 e. The molecule has 0 aliphatic heterocycles. The molecule has 10 heteroatoms. The Bertz CT molecular complexity index is 1020. The Morgan fingerprint density at radius 1 is 1.08 bits per heavy atom. The second-order valence-electron chi connectivity index (χ2n) is 5.36. The minimum atomic E-state index is -4.87. The molecule has 0 aliphatic rings. The topological polar surface area (TPSA) is 81.4 Å². The Kier molecular flexibility index (Phi) is 4.88. The second-order valence-corrected chi connectivity index (χ2v) is 7.17. The molecule has 0 aliphatic carbocycles. The van der Waals surface area contributed by atoms with Crippen LogP contribution in [0.4, 0.5) is 13.2 Å². The van der Waals surface area contributed by atoms with E-state index in [1.165, 1.54) is 18.2 Å². The Balaban J connectivity index is 1.73. The number of sulfonamides is 1. The lowest BCUT2D eigenvalue weighted by molar-refractivity contribution is -0.274. The molecule has 0 unspecified atom stereocenters. The number of para-hydroxylation sites is 2. The molecule has 0 bridgehead atoms. The summed E-state index contributed by atoms with van der Waals surface area (Å²) in [4.78, 5) is 0. The van der Waals surface area contributed by atoms with Gasteiger partial charge in [-0.15, -0.1) is 13.2 Å². The van der Waals surface area contributed by atoms with Crippen LogP contribution in [-0.2, 0) is 22.3 Å². The minimum Gasteiger partial charge on any atom is -0.405 e. The van der Waals surface area contributed by atoms with E-state index in [2.05, 4.69) is 14.6 Å². The highest BCUT2D eigenvalue weighted by Crippen LogP contribution is 2.26. The smallest absolute Gasteiger partial charge is 0.405 e. The third kappa shape index (κ3) is 4.52. The van der Waals surface area contributed by atoms with Crippen LogP contribution in [0.3, 0.4) is 0 Å². The van der Waals surface area contributed by atoms with Gasteiger partial charge in [-0.05, 0) is 18.2 Å². The predicted molar refractivity (Wildman–Crippen MR) is 86.6 cm³/mol. The Morgan fingerprint density at radius 3 is 2.54 bits per heavy atom. The lowest BCUT2D eigenvalue weighted by Gasteiger charge is -2.13. The van der Waals surface area contributed by atoms with E-state index >= 15 is 0 Å². The summed E-state index contributed by atoms with van der Waals surface area (Å²) in [5, 5.41) is 4.29. The minimum absolute atomic E-state index is 0.0541. The first-order valence-corrected chi connectivity index (χ1v) is 9.03.